The topological polar surface area (TPSA) is 32.3 Å². The van der Waals surface area contributed by atoms with Gasteiger partial charge in [-0.15, -0.1) is 0 Å². The maximum Gasteiger partial charge on any atom is 0.115 e. The summed E-state index contributed by atoms with van der Waals surface area (Å²) in [6.07, 6.45) is 0. The van der Waals surface area contributed by atoms with Gasteiger partial charge in [0.1, 0.15) is 5.75 Å². The van der Waals surface area contributed by atoms with Gasteiger partial charge in [0.25, 0.3) is 0 Å². The molecule has 2 N–H and O–H groups in total. The van der Waals surface area contributed by atoms with Crippen molar-refractivity contribution in [1.82, 2.24) is 0 Å². The van der Waals surface area contributed by atoms with Crippen molar-refractivity contribution in [2.24, 2.45) is 0 Å². The molecular weight excluding hydrogens is 133 g/mol. The summed E-state index contributed by atoms with van der Waals surface area (Å²) in [5, 5.41) is 11.7. The molecule has 1 atom stereocenters. The van der Waals surface area contributed by atoms with E-state index in [4.69, 9.17) is 5.11 Å². The van der Waals surface area contributed by atoms with Crippen LogP contribution in [0.1, 0.15) is 0 Å². The molecule has 0 aliphatic carbocycles. The van der Waals surface area contributed by atoms with Gasteiger partial charge in [-0.1, -0.05) is 0 Å². The zero-order valence-corrected chi connectivity index (χ0v) is 5.99. The average Bonchev–Trinajstić information content (AvgIpc) is 1.90. The predicted octanol–water partition coefficient (Wildman–Crippen LogP) is 1.59. The Kier molecular flexibility index (Phi) is 1.91. The molecule has 3 heteroatoms. The molecule has 2 nitrogen and oxygen atoms in total. The Morgan fingerprint density at radius 1 is 1.22 bits per heavy atom. The van der Waals surface area contributed by atoms with Gasteiger partial charge < -0.3 is 10.2 Å². The number of hydrogen-bond acceptors (Lipinski definition) is 2. The lowest BCUT2D eigenvalue weighted by Crippen LogP contribution is -1.75. The lowest BCUT2D eigenvalue weighted by Gasteiger charge is -1.96. The minimum atomic E-state index is 0.291. The van der Waals surface area contributed by atoms with Crippen LogP contribution >= 0.6 is 9.39 Å². The minimum absolute atomic E-state index is 0.291. The second-order valence-corrected chi connectivity index (χ2v) is 1.98. The standard InChI is InChI=1S/C6H8NOP/c8-6-3-1-5(7-9)2-4-6/h1-4,7-8H,9H2. The van der Waals surface area contributed by atoms with Crippen LogP contribution in [-0.4, -0.2) is 5.11 Å². The highest BCUT2D eigenvalue weighted by Gasteiger charge is 1.85. The van der Waals surface area contributed by atoms with Gasteiger partial charge in [0.2, 0.25) is 0 Å². The summed E-state index contributed by atoms with van der Waals surface area (Å²) in [4.78, 5) is 0. The molecule has 0 aliphatic rings. The maximum absolute atomic E-state index is 8.82. The van der Waals surface area contributed by atoms with Crippen molar-refractivity contribution >= 4 is 15.1 Å². The number of rotatable bonds is 1. The van der Waals surface area contributed by atoms with Crippen molar-refractivity contribution in [2.45, 2.75) is 0 Å². The van der Waals surface area contributed by atoms with Crippen LogP contribution in [0.15, 0.2) is 24.3 Å². The van der Waals surface area contributed by atoms with E-state index in [1.807, 2.05) is 0 Å². The van der Waals surface area contributed by atoms with Gasteiger partial charge in [0, 0.05) is 5.69 Å². The maximum atomic E-state index is 8.82. The summed E-state index contributed by atoms with van der Waals surface area (Å²) in [6, 6.07) is 6.85. The molecule has 9 heavy (non-hydrogen) atoms. The summed E-state index contributed by atoms with van der Waals surface area (Å²) in [7, 11) is 2.38. The molecule has 0 radical (unpaired) electrons. The van der Waals surface area contributed by atoms with Crippen molar-refractivity contribution in [3.8, 4) is 5.75 Å². The number of hydrogen-bond donors (Lipinski definition) is 2. The monoisotopic (exact) mass is 141 g/mol. The minimum Gasteiger partial charge on any atom is -0.508 e. The number of phenols is 1. The van der Waals surface area contributed by atoms with Crippen LogP contribution < -0.4 is 5.09 Å². The van der Waals surface area contributed by atoms with Crippen molar-refractivity contribution in [3.05, 3.63) is 24.3 Å². The largest absolute Gasteiger partial charge is 0.508 e. The first-order valence-electron chi connectivity index (χ1n) is 2.58. The Balaban J connectivity index is 2.88. The molecule has 0 amide bonds. The normalized spacial score (nSPS) is 9.00. The summed E-state index contributed by atoms with van der Waals surface area (Å²) >= 11 is 0. The molecule has 0 fully saturated rings. The van der Waals surface area contributed by atoms with Gasteiger partial charge >= 0.3 is 0 Å². The molecule has 0 spiro atoms. The third-order valence-electron chi connectivity index (χ3n) is 1.03. The molecule has 0 aromatic heterocycles. The van der Waals surface area contributed by atoms with Gasteiger partial charge in [0.15, 0.2) is 0 Å². The Bertz CT molecular complexity index is 185. The molecule has 48 valence electrons. The second kappa shape index (κ2) is 2.70. The van der Waals surface area contributed by atoms with Gasteiger partial charge in [-0.05, 0) is 33.7 Å². The number of nitrogens with one attached hydrogen (secondary N) is 1. The molecule has 1 aromatic carbocycles. The lowest BCUT2D eigenvalue weighted by atomic mass is 10.3. The highest BCUT2D eigenvalue weighted by Crippen LogP contribution is 2.14. The number of aromatic hydroxyl groups is 1. The first-order valence-corrected chi connectivity index (χ1v) is 3.16. The summed E-state index contributed by atoms with van der Waals surface area (Å²) < 4.78 is 0. The van der Waals surface area contributed by atoms with E-state index >= 15 is 0 Å². The van der Waals surface area contributed by atoms with Crippen molar-refractivity contribution in [2.75, 3.05) is 5.09 Å². The van der Waals surface area contributed by atoms with E-state index in [-0.39, 0.29) is 0 Å². The van der Waals surface area contributed by atoms with E-state index in [9.17, 15) is 0 Å². The number of phenolic OH excluding ortho intramolecular Hbond substituents is 1. The quantitative estimate of drug-likeness (QED) is 0.459. The van der Waals surface area contributed by atoms with Gasteiger partial charge in [-0.2, -0.15) is 0 Å². The van der Waals surface area contributed by atoms with Crippen molar-refractivity contribution < 1.29 is 5.11 Å². The summed E-state index contributed by atoms with van der Waals surface area (Å²) in [5.41, 5.74) is 0.970. The van der Waals surface area contributed by atoms with E-state index in [1.165, 1.54) is 0 Å². The molecule has 1 unspecified atom stereocenters. The van der Waals surface area contributed by atoms with Gasteiger partial charge in [0.05, 0.1) is 0 Å². The van der Waals surface area contributed by atoms with Gasteiger partial charge in [-0.3, -0.25) is 0 Å². The summed E-state index contributed by atoms with van der Waals surface area (Å²) in [5.74, 6) is 0.291. The van der Waals surface area contributed by atoms with E-state index in [0.29, 0.717) is 5.75 Å². The average molecular weight is 141 g/mol. The Labute approximate surface area is 56.2 Å². The van der Waals surface area contributed by atoms with E-state index in [0.717, 1.165) is 5.69 Å². The van der Waals surface area contributed by atoms with Crippen LogP contribution in [0.4, 0.5) is 5.69 Å². The lowest BCUT2D eigenvalue weighted by molar-refractivity contribution is 0.475. The molecular formula is C6H8NOP. The van der Waals surface area contributed by atoms with E-state index < -0.39 is 0 Å². The fraction of sp³-hybridized carbons (Fsp3) is 0. The highest BCUT2D eigenvalue weighted by atomic mass is 31.0. The third kappa shape index (κ3) is 1.58. The van der Waals surface area contributed by atoms with Crippen LogP contribution in [-0.2, 0) is 0 Å². The zero-order valence-electron chi connectivity index (χ0n) is 4.83. The molecule has 1 rings (SSSR count). The molecule has 0 bridgehead atoms. The second-order valence-electron chi connectivity index (χ2n) is 1.69. The molecule has 0 aliphatic heterocycles. The van der Waals surface area contributed by atoms with Crippen LogP contribution in [0.25, 0.3) is 0 Å². The molecule has 1 aromatic rings. The Morgan fingerprint density at radius 2 is 1.78 bits per heavy atom. The highest BCUT2D eigenvalue weighted by molar-refractivity contribution is 7.18. The number of benzene rings is 1. The Hall–Kier alpha value is -0.750. The zero-order chi connectivity index (χ0) is 6.69. The Morgan fingerprint density at radius 3 is 2.22 bits per heavy atom. The van der Waals surface area contributed by atoms with Crippen molar-refractivity contribution in [3.63, 3.8) is 0 Å². The van der Waals surface area contributed by atoms with Crippen LogP contribution in [0.3, 0.4) is 0 Å². The SMILES string of the molecule is Oc1ccc(NP)cc1. The van der Waals surface area contributed by atoms with E-state index in [1.54, 1.807) is 24.3 Å². The van der Waals surface area contributed by atoms with E-state index in [2.05, 4.69) is 14.5 Å². The predicted molar refractivity (Wildman–Crippen MR) is 41.4 cm³/mol. The van der Waals surface area contributed by atoms with Crippen LogP contribution in [0.2, 0.25) is 0 Å². The van der Waals surface area contributed by atoms with Gasteiger partial charge in [-0.25, -0.2) is 0 Å². The molecule has 0 heterocycles. The third-order valence-corrected chi connectivity index (χ3v) is 1.37. The van der Waals surface area contributed by atoms with Crippen molar-refractivity contribution in [1.29, 1.82) is 0 Å². The van der Waals surface area contributed by atoms with Crippen LogP contribution in [0.5, 0.6) is 5.75 Å². The summed E-state index contributed by atoms with van der Waals surface area (Å²) in [6.45, 7) is 0. The smallest absolute Gasteiger partial charge is 0.115 e. The first kappa shape index (κ1) is 6.37. The number of anilines is 1. The molecule has 0 saturated heterocycles. The molecule has 0 saturated carbocycles. The fourth-order valence-electron chi connectivity index (χ4n) is 0.558. The van der Waals surface area contributed by atoms with Crippen LogP contribution in [0, 0.1) is 0 Å². The fourth-order valence-corrected chi connectivity index (χ4v) is 0.750. The first-order chi connectivity index (χ1) is 4.33.